The number of rotatable bonds is 4. The number of benzene rings is 2. The lowest BCUT2D eigenvalue weighted by Gasteiger charge is -2.27. The number of nitrogens with zero attached hydrogens (tertiary/aromatic N) is 1. The lowest BCUT2D eigenvalue weighted by atomic mass is 10.1. The number of nitrogens with one attached hydrogen (secondary N) is 1. The zero-order valence-corrected chi connectivity index (χ0v) is 16.5. The summed E-state index contributed by atoms with van der Waals surface area (Å²) in [5.41, 5.74) is 4.62. The van der Waals surface area contributed by atoms with Crippen LogP contribution in [-0.4, -0.2) is 17.6 Å². The van der Waals surface area contributed by atoms with Crippen LogP contribution in [0, 0.1) is 13.8 Å². The van der Waals surface area contributed by atoms with Gasteiger partial charge in [0.25, 0.3) is 5.91 Å². The smallest absolute Gasteiger partial charge is 0.291 e. The average Bonchev–Trinajstić information content (AvgIpc) is 3.34. The number of para-hydroxylation sites is 1. The molecule has 4 rings (SSSR count). The van der Waals surface area contributed by atoms with E-state index in [1.165, 1.54) is 6.26 Å². The summed E-state index contributed by atoms with van der Waals surface area (Å²) in [5, 5.41) is 2.71. The molecule has 6 heteroatoms. The Morgan fingerprint density at radius 3 is 2.75 bits per heavy atom. The Kier molecular flexibility index (Phi) is 4.96. The summed E-state index contributed by atoms with van der Waals surface area (Å²) in [7, 11) is 0. The van der Waals surface area contributed by atoms with E-state index in [1.54, 1.807) is 23.9 Å². The molecule has 1 N–H and O–H groups in total. The molecule has 1 saturated heterocycles. The number of amides is 2. The molecule has 1 aliphatic heterocycles. The quantitative estimate of drug-likeness (QED) is 0.684. The molecule has 0 unspecified atom stereocenters. The lowest BCUT2D eigenvalue weighted by molar-refractivity contribution is -0.115. The van der Waals surface area contributed by atoms with Crippen LogP contribution in [0.3, 0.4) is 0 Å². The van der Waals surface area contributed by atoms with E-state index in [0.29, 0.717) is 11.4 Å². The topological polar surface area (TPSA) is 62.6 Å². The van der Waals surface area contributed by atoms with Crippen LogP contribution < -0.4 is 10.2 Å². The van der Waals surface area contributed by atoms with Gasteiger partial charge in [-0.1, -0.05) is 30.3 Å². The number of furan rings is 1. The van der Waals surface area contributed by atoms with Gasteiger partial charge in [0.1, 0.15) is 5.37 Å². The molecule has 2 amide bonds. The van der Waals surface area contributed by atoms with Crippen LogP contribution in [0.4, 0.5) is 11.4 Å². The third-order valence-corrected chi connectivity index (χ3v) is 5.91. The van der Waals surface area contributed by atoms with Crippen molar-refractivity contribution in [3.63, 3.8) is 0 Å². The Hall–Kier alpha value is -2.99. The highest BCUT2D eigenvalue weighted by atomic mass is 32.2. The van der Waals surface area contributed by atoms with E-state index in [9.17, 15) is 9.59 Å². The molecule has 1 fully saturated rings. The molecule has 0 radical (unpaired) electrons. The van der Waals surface area contributed by atoms with Crippen LogP contribution >= 0.6 is 11.8 Å². The first-order chi connectivity index (χ1) is 13.5. The summed E-state index contributed by atoms with van der Waals surface area (Å²) in [6, 6.07) is 17.0. The molecular weight excluding hydrogens is 372 g/mol. The van der Waals surface area contributed by atoms with Crippen LogP contribution in [-0.2, 0) is 4.79 Å². The molecular formula is C22H20N2O3S. The fourth-order valence-corrected chi connectivity index (χ4v) is 4.52. The van der Waals surface area contributed by atoms with Crippen molar-refractivity contribution < 1.29 is 14.0 Å². The maximum atomic E-state index is 12.7. The van der Waals surface area contributed by atoms with Gasteiger partial charge >= 0.3 is 0 Å². The lowest BCUT2D eigenvalue weighted by Crippen LogP contribution is -2.29. The predicted octanol–water partition coefficient (Wildman–Crippen LogP) is 4.93. The normalized spacial score (nSPS) is 16.4. The van der Waals surface area contributed by atoms with Gasteiger partial charge < -0.3 is 9.73 Å². The van der Waals surface area contributed by atoms with Gasteiger partial charge in [-0.2, -0.15) is 0 Å². The molecule has 1 aromatic heterocycles. The largest absolute Gasteiger partial charge is 0.459 e. The van der Waals surface area contributed by atoms with Gasteiger partial charge in [-0.15, -0.1) is 11.8 Å². The van der Waals surface area contributed by atoms with Crippen LogP contribution in [0.2, 0.25) is 0 Å². The summed E-state index contributed by atoms with van der Waals surface area (Å²) < 4.78 is 5.19. The molecule has 1 aliphatic rings. The van der Waals surface area contributed by atoms with E-state index in [0.717, 1.165) is 22.4 Å². The summed E-state index contributed by atoms with van der Waals surface area (Å²) in [6.45, 7) is 4.02. The van der Waals surface area contributed by atoms with E-state index in [-0.39, 0.29) is 22.9 Å². The molecule has 2 heterocycles. The molecule has 28 heavy (non-hydrogen) atoms. The minimum atomic E-state index is -0.315. The Bertz CT molecular complexity index is 1030. The van der Waals surface area contributed by atoms with Gasteiger partial charge in [0.05, 0.1) is 12.0 Å². The van der Waals surface area contributed by atoms with Gasteiger partial charge in [-0.3, -0.25) is 14.5 Å². The number of carbonyl (C=O) groups is 2. The third-order valence-electron chi connectivity index (χ3n) is 4.71. The van der Waals surface area contributed by atoms with Crippen molar-refractivity contribution in [1.82, 2.24) is 0 Å². The zero-order chi connectivity index (χ0) is 19.7. The minimum Gasteiger partial charge on any atom is -0.459 e. The molecule has 0 aliphatic carbocycles. The number of carbonyl (C=O) groups excluding carboxylic acids is 2. The van der Waals surface area contributed by atoms with Gasteiger partial charge in [-0.25, -0.2) is 0 Å². The summed E-state index contributed by atoms with van der Waals surface area (Å²) in [6.07, 6.45) is 1.47. The molecule has 1 atom stereocenters. The van der Waals surface area contributed by atoms with E-state index in [1.807, 2.05) is 61.2 Å². The maximum Gasteiger partial charge on any atom is 0.291 e. The number of hydrogen-bond acceptors (Lipinski definition) is 4. The van der Waals surface area contributed by atoms with Gasteiger partial charge in [0, 0.05) is 16.9 Å². The van der Waals surface area contributed by atoms with Crippen molar-refractivity contribution in [1.29, 1.82) is 0 Å². The highest BCUT2D eigenvalue weighted by molar-refractivity contribution is 8.00. The van der Waals surface area contributed by atoms with Crippen molar-refractivity contribution in [2.45, 2.75) is 19.2 Å². The second-order valence-electron chi connectivity index (χ2n) is 6.74. The molecule has 5 nitrogen and oxygen atoms in total. The molecule has 0 saturated carbocycles. The molecule has 2 aromatic carbocycles. The van der Waals surface area contributed by atoms with Crippen LogP contribution in [0.15, 0.2) is 65.3 Å². The second-order valence-corrected chi connectivity index (χ2v) is 7.80. The summed E-state index contributed by atoms with van der Waals surface area (Å²) >= 11 is 1.56. The van der Waals surface area contributed by atoms with Gasteiger partial charge in [0.2, 0.25) is 5.91 Å². The number of aryl methyl sites for hydroxylation is 2. The van der Waals surface area contributed by atoms with Crippen LogP contribution in [0.1, 0.15) is 32.6 Å². The van der Waals surface area contributed by atoms with Crippen molar-refractivity contribution in [2.75, 3.05) is 16.0 Å². The van der Waals surface area contributed by atoms with Gasteiger partial charge in [-0.05, 0) is 49.2 Å². The standard InChI is InChI=1S/C22H20N2O3S/c1-14-9-10-15(2)18(12-14)24-20(25)13-28-22(24)16-6-3-4-7-17(16)23-21(26)19-8-5-11-27-19/h3-12,22H,13H2,1-2H3,(H,23,26)/t22-/m1/s1. The van der Waals surface area contributed by atoms with Crippen molar-refractivity contribution >= 4 is 35.0 Å². The van der Waals surface area contributed by atoms with Crippen LogP contribution in [0.5, 0.6) is 0 Å². The fourth-order valence-electron chi connectivity index (χ4n) is 3.31. The molecule has 142 valence electrons. The Balaban J connectivity index is 1.71. The zero-order valence-electron chi connectivity index (χ0n) is 15.6. The third kappa shape index (κ3) is 3.43. The second kappa shape index (κ2) is 7.56. The fraction of sp³-hybridized carbons (Fsp3) is 0.182. The first-order valence-corrected chi connectivity index (χ1v) is 10.0. The van der Waals surface area contributed by atoms with Gasteiger partial charge in [0.15, 0.2) is 5.76 Å². The number of anilines is 2. The predicted molar refractivity (Wildman–Crippen MR) is 112 cm³/mol. The van der Waals surface area contributed by atoms with Crippen molar-refractivity contribution in [2.24, 2.45) is 0 Å². The van der Waals surface area contributed by atoms with E-state index in [2.05, 4.69) is 5.32 Å². The molecule has 0 bridgehead atoms. The highest BCUT2D eigenvalue weighted by Gasteiger charge is 2.36. The summed E-state index contributed by atoms with van der Waals surface area (Å²) in [5.74, 6) is 0.399. The van der Waals surface area contributed by atoms with Crippen LogP contribution in [0.25, 0.3) is 0 Å². The Labute approximate surface area is 167 Å². The number of hydrogen-bond donors (Lipinski definition) is 1. The monoisotopic (exact) mass is 392 g/mol. The van der Waals surface area contributed by atoms with E-state index in [4.69, 9.17) is 4.42 Å². The Morgan fingerprint density at radius 1 is 1.14 bits per heavy atom. The minimum absolute atomic E-state index is 0.0656. The summed E-state index contributed by atoms with van der Waals surface area (Å²) in [4.78, 5) is 27.0. The first-order valence-electron chi connectivity index (χ1n) is 8.99. The molecule has 3 aromatic rings. The first kappa shape index (κ1) is 18.4. The Morgan fingerprint density at radius 2 is 1.96 bits per heavy atom. The van der Waals surface area contributed by atoms with Crippen molar-refractivity contribution in [3.05, 3.63) is 83.3 Å². The van der Waals surface area contributed by atoms with Crippen molar-refractivity contribution in [3.8, 4) is 0 Å². The van der Waals surface area contributed by atoms with E-state index >= 15 is 0 Å². The highest BCUT2D eigenvalue weighted by Crippen LogP contribution is 2.45. The average molecular weight is 392 g/mol. The molecule has 0 spiro atoms. The maximum absolute atomic E-state index is 12.7. The SMILES string of the molecule is Cc1ccc(C)c(N2C(=O)CS[C@@H]2c2ccccc2NC(=O)c2ccco2)c1. The number of thioether (sulfide) groups is 1. The van der Waals surface area contributed by atoms with E-state index < -0.39 is 0 Å².